The van der Waals surface area contributed by atoms with E-state index in [1.54, 1.807) is 30.0 Å². The molecule has 0 fully saturated rings. The minimum absolute atomic E-state index is 0.136. The van der Waals surface area contributed by atoms with Crippen LogP contribution in [0.4, 0.5) is 5.69 Å². The molecule has 0 unspecified atom stereocenters. The van der Waals surface area contributed by atoms with Crippen molar-refractivity contribution < 1.29 is 14.3 Å². The number of hydrogen-bond acceptors (Lipinski definition) is 5. The molecule has 1 rings (SSSR count). The summed E-state index contributed by atoms with van der Waals surface area (Å²) in [6.45, 7) is 0.223. The average molecular weight is 360 g/mol. The largest absolute Gasteiger partial charge is 0.495 e. The second kappa shape index (κ2) is 10.4. The van der Waals surface area contributed by atoms with Gasteiger partial charge in [-0.25, -0.2) is 0 Å². The lowest BCUT2D eigenvalue weighted by Gasteiger charge is -2.12. The van der Waals surface area contributed by atoms with Gasteiger partial charge in [-0.2, -0.15) is 11.8 Å². The third kappa shape index (κ3) is 7.11. The van der Waals surface area contributed by atoms with Crippen LogP contribution in [0.5, 0.6) is 5.75 Å². The third-order valence-corrected chi connectivity index (χ3v) is 3.94. The molecule has 0 aromatic heterocycles. The molecule has 8 heteroatoms. The summed E-state index contributed by atoms with van der Waals surface area (Å²) in [5.41, 5.74) is 6.23. The van der Waals surface area contributed by atoms with Crippen LogP contribution in [0.15, 0.2) is 18.2 Å². The summed E-state index contributed by atoms with van der Waals surface area (Å²) in [6.07, 6.45) is 2.70. The second-order valence-electron chi connectivity index (χ2n) is 4.82. The fourth-order valence-electron chi connectivity index (χ4n) is 1.80. The Bertz CT molecular complexity index is 543. The highest BCUT2D eigenvalue weighted by Crippen LogP contribution is 2.27. The molecule has 0 aliphatic rings. The van der Waals surface area contributed by atoms with E-state index in [1.807, 2.05) is 6.26 Å². The quantitative estimate of drug-likeness (QED) is 0.626. The zero-order valence-corrected chi connectivity index (χ0v) is 14.8. The van der Waals surface area contributed by atoms with Crippen molar-refractivity contribution in [1.29, 1.82) is 0 Å². The number of methoxy groups -OCH3 is 1. The Morgan fingerprint density at radius 2 is 2.17 bits per heavy atom. The van der Waals surface area contributed by atoms with Gasteiger partial charge < -0.3 is 21.1 Å². The van der Waals surface area contributed by atoms with Crippen molar-refractivity contribution in [2.24, 2.45) is 5.73 Å². The number of rotatable bonds is 9. The third-order valence-electron chi connectivity index (χ3n) is 3.06. The lowest BCUT2D eigenvalue weighted by atomic mass is 10.2. The Labute approximate surface area is 145 Å². The number of anilines is 1. The molecule has 1 atom stereocenters. The van der Waals surface area contributed by atoms with Crippen LogP contribution < -0.4 is 21.1 Å². The van der Waals surface area contributed by atoms with Crippen LogP contribution in [-0.2, 0) is 9.59 Å². The number of ether oxygens (including phenoxy) is 1. The molecule has 1 aromatic rings. The molecular weight excluding hydrogens is 338 g/mol. The minimum Gasteiger partial charge on any atom is -0.495 e. The topological polar surface area (TPSA) is 93.5 Å². The number of benzene rings is 1. The molecule has 0 aliphatic heterocycles. The molecule has 128 valence electrons. The van der Waals surface area contributed by atoms with Crippen LogP contribution in [0.1, 0.15) is 12.8 Å². The van der Waals surface area contributed by atoms with Gasteiger partial charge in [0.15, 0.2) is 0 Å². The second-order valence-corrected chi connectivity index (χ2v) is 6.24. The summed E-state index contributed by atoms with van der Waals surface area (Å²) in [5.74, 6) is 0.852. The molecule has 0 saturated carbocycles. The summed E-state index contributed by atoms with van der Waals surface area (Å²) in [5, 5.41) is 5.86. The van der Waals surface area contributed by atoms with E-state index in [9.17, 15) is 9.59 Å². The van der Waals surface area contributed by atoms with Gasteiger partial charge in [0, 0.05) is 18.0 Å². The van der Waals surface area contributed by atoms with Crippen molar-refractivity contribution in [2.75, 3.05) is 31.0 Å². The number of nitrogens with two attached hydrogens (primary N) is 1. The Morgan fingerprint density at radius 1 is 1.43 bits per heavy atom. The number of hydrogen-bond donors (Lipinski definition) is 3. The molecule has 0 spiro atoms. The van der Waals surface area contributed by atoms with Crippen LogP contribution >= 0.6 is 23.4 Å². The maximum atomic E-state index is 11.9. The number of halogens is 1. The minimum atomic E-state index is -0.543. The van der Waals surface area contributed by atoms with Gasteiger partial charge in [-0.1, -0.05) is 11.6 Å². The van der Waals surface area contributed by atoms with Gasteiger partial charge in [0.05, 0.1) is 18.8 Å². The molecule has 2 amide bonds. The van der Waals surface area contributed by atoms with Gasteiger partial charge in [-0.05, 0) is 36.6 Å². The molecule has 23 heavy (non-hydrogen) atoms. The van der Waals surface area contributed by atoms with Crippen LogP contribution in [0.2, 0.25) is 5.02 Å². The van der Waals surface area contributed by atoms with Gasteiger partial charge in [0.1, 0.15) is 5.75 Å². The Balaban J connectivity index is 2.40. The zero-order chi connectivity index (χ0) is 17.2. The molecule has 0 bridgehead atoms. The smallest absolute Gasteiger partial charge is 0.236 e. The van der Waals surface area contributed by atoms with Crippen molar-refractivity contribution in [2.45, 2.75) is 18.9 Å². The van der Waals surface area contributed by atoms with Crippen molar-refractivity contribution in [1.82, 2.24) is 5.32 Å². The van der Waals surface area contributed by atoms with E-state index in [2.05, 4.69) is 10.6 Å². The van der Waals surface area contributed by atoms with Gasteiger partial charge in [-0.15, -0.1) is 0 Å². The van der Waals surface area contributed by atoms with E-state index in [-0.39, 0.29) is 24.8 Å². The van der Waals surface area contributed by atoms with Crippen LogP contribution in [0, 0.1) is 0 Å². The highest BCUT2D eigenvalue weighted by atomic mass is 35.5. The average Bonchev–Trinajstić information content (AvgIpc) is 2.52. The maximum absolute atomic E-state index is 11.9. The molecule has 0 radical (unpaired) electrons. The number of thioether (sulfide) groups is 1. The summed E-state index contributed by atoms with van der Waals surface area (Å²) in [4.78, 5) is 23.6. The summed E-state index contributed by atoms with van der Waals surface area (Å²) in [7, 11) is 1.51. The highest BCUT2D eigenvalue weighted by Gasteiger charge is 2.13. The Morgan fingerprint density at radius 3 is 2.83 bits per heavy atom. The van der Waals surface area contributed by atoms with Crippen molar-refractivity contribution in [3.63, 3.8) is 0 Å². The lowest BCUT2D eigenvalue weighted by molar-refractivity contribution is -0.122. The molecule has 0 saturated heterocycles. The van der Waals surface area contributed by atoms with Gasteiger partial charge >= 0.3 is 0 Å². The van der Waals surface area contributed by atoms with Crippen LogP contribution in [0.25, 0.3) is 0 Å². The fraction of sp³-hybridized carbons (Fsp3) is 0.467. The monoisotopic (exact) mass is 359 g/mol. The van der Waals surface area contributed by atoms with Crippen molar-refractivity contribution in [3.05, 3.63) is 23.2 Å². The van der Waals surface area contributed by atoms with E-state index in [4.69, 9.17) is 22.1 Å². The molecule has 1 aromatic carbocycles. The summed E-state index contributed by atoms with van der Waals surface area (Å²) >= 11 is 7.54. The van der Waals surface area contributed by atoms with E-state index in [0.717, 1.165) is 5.75 Å². The molecule has 4 N–H and O–H groups in total. The van der Waals surface area contributed by atoms with Crippen molar-refractivity contribution >= 4 is 40.9 Å². The van der Waals surface area contributed by atoms with Gasteiger partial charge in [-0.3, -0.25) is 9.59 Å². The number of nitrogens with one attached hydrogen (secondary N) is 2. The van der Waals surface area contributed by atoms with Gasteiger partial charge in [0.2, 0.25) is 11.8 Å². The fourth-order valence-corrected chi connectivity index (χ4v) is 2.46. The van der Waals surface area contributed by atoms with Crippen LogP contribution in [-0.4, -0.2) is 43.5 Å². The first kappa shape index (κ1) is 19.6. The standard InChI is InChI=1S/C15H22ClN3O3S/c1-22-13-4-3-10(16)9-12(13)19-14(20)5-7-18-15(21)11(17)6-8-23-2/h3-4,9,11H,5-8,17H2,1-2H3,(H,18,21)(H,19,20)/t11-/m0/s1. The lowest BCUT2D eigenvalue weighted by Crippen LogP contribution is -2.41. The normalized spacial score (nSPS) is 11.7. The van der Waals surface area contributed by atoms with Gasteiger partial charge in [0.25, 0.3) is 0 Å². The van der Waals surface area contributed by atoms with Crippen LogP contribution in [0.3, 0.4) is 0 Å². The first-order valence-corrected chi connectivity index (χ1v) is 8.90. The molecule has 0 aliphatic carbocycles. The predicted molar refractivity (Wildman–Crippen MR) is 95.2 cm³/mol. The molecule has 0 heterocycles. The SMILES string of the molecule is COc1ccc(Cl)cc1NC(=O)CCNC(=O)[C@@H](N)CCSC. The first-order chi connectivity index (χ1) is 11.0. The number of amides is 2. The first-order valence-electron chi connectivity index (χ1n) is 7.13. The van der Waals surface area contributed by atoms with E-state index < -0.39 is 6.04 Å². The van der Waals surface area contributed by atoms with E-state index in [0.29, 0.717) is 22.9 Å². The zero-order valence-electron chi connectivity index (χ0n) is 13.2. The van der Waals surface area contributed by atoms with E-state index >= 15 is 0 Å². The molecular formula is C15H22ClN3O3S. The predicted octanol–water partition coefficient (Wildman–Crippen LogP) is 1.87. The highest BCUT2D eigenvalue weighted by molar-refractivity contribution is 7.98. The van der Waals surface area contributed by atoms with Crippen molar-refractivity contribution in [3.8, 4) is 5.75 Å². The Kier molecular flexibility index (Phi) is 8.83. The summed E-state index contributed by atoms with van der Waals surface area (Å²) < 4.78 is 5.15. The Hall–Kier alpha value is -1.44. The summed E-state index contributed by atoms with van der Waals surface area (Å²) in [6, 6.07) is 4.41. The molecule has 6 nitrogen and oxygen atoms in total. The maximum Gasteiger partial charge on any atom is 0.236 e. The number of carbonyl (C=O) groups is 2. The number of carbonyl (C=O) groups excluding carboxylic acids is 2. The van der Waals surface area contributed by atoms with E-state index in [1.165, 1.54) is 7.11 Å².